The molecule has 0 aliphatic rings. The van der Waals surface area contributed by atoms with Crippen molar-refractivity contribution in [2.24, 2.45) is 0 Å². The van der Waals surface area contributed by atoms with Crippen LogP contribution in [0.25, 0.3) is 0 Å². The maximum absolute atomic E-state index is 12.2. The number of nitrogens with zero attached hydrogens (tertiary/aromatic N) is 1. The summed E-state index contributed by atoms with van der Waals surface area (Å²) >= 11 is 1.84. The number of thioether (sulfide) groups is 1. The first-order valence-electron chi connectivity index (χ1n) is 5.39. The van der Waals surface area contributed by atoms with Gasteiger partial charge in [0.2, 0.25) is 0 Å². The van der Waals surface area contributed by atoms with E-state index in [1.165, 1.54) is 12.3 Å². The van der Waals surface area contributed by atoms with Gasteiger partial charge in [0.05, 0.1) is 11.9 Å². The van der Waals surface area contributed by atoms with Crippen LogP contribution in [-0.2, 0) is 6.18 Å². The second kappa shape index (κ2) is 6.74. The summed E-state index contributed by atoms with van der Waals surface area (Å²) in [6.45, 7) is 2.85. The average Bonchev–Trinajstić information content (AvgIpc) is 2.28. The summed E-state index contributed by atoms with van der Waals surface area (Å²) in [5, 5.41) is 3.04. The Morgan fingerprint density at radius 3 is 2.65 bits per heavy atom. The fourth-order valence-corrected chi connectivity index (χ4v) is 1.85. The van der Waals surface area contributed by atoms with Crippen LogP contribution in [0.15, 0.2) is 18.3 Å². The molecule has 1 rings (SSSR count). The number of aromatic nitrogens is 1. The van der Waals surface area contributed by atoms with Crippen LogP contribution < -0.4 is 5.32 Å². The van der Waals surface area contributed by atoms with Crippen LogP contribution in [0.4, 0.5) is 18.9 Å². The molecule has 0 aliphatic heterocycles. The first-order chi connectivity index (χ1) is 8.04. The van der Waals surface area contributed by atoms with Crippen molar-refractivity contribution in [2.75, 3.05) is 23.4 Å². The van der Waals surface area contributed by atoms with Crippen LogP contribution in [0.3, 0.4) is 0 Å². The molecule has 96 valence electrons. The lowest BCUT2D eigenvalue weighted by Gasteiger charge is -2.08. The second-order valence-electron chi connectivity index (χ2n) is 3.41. The van der Waals surface area contributed by atoms with Gasteiger partial charge >= 0.3 is 6.18 Å². The molecule has 0 aromatic carbocycles. The minimum absolute atomic E-state index is 0.625. The third-order valence-electron chi connectivity index (χ3n) is 2.05. The summed E-state index contributed by atoms with van der Waals surface area (Å²) in [7, 11) is 0. The van der Waals surface area contributed by atoms with E-state index < -0.39 is 11.9 Å². The molecule has 0 saturated heterocycles. The maximum atomic E-state index is 12.2. The Hall–Kier alpha value is -0.910. The van der Waals surface area contributed by atoms with Crippen molar-refractivity contribution in [3.8, 4) is 0 Å². The third-order valence-corrected chi connectivity index (χ3v) is 3.04. The van der Waals surface area contributed by atoms with E-state index in [0.717, 1.165) is 30.5 Å². The molecule has 0 amide bonds. The van der Waals surface area contributed by atoms with Gasteiger partial charge in [-0.25, -0.2) is 4.98 Å². The van der Waals surface area contributed by atoms with Crippen molar-refractivity contribution < 1.29 is 13.2 Å². The predicted octanol–water partition coefficient (Wildman–Crippen LogP) is 3.66. The topological polar surface area (TPSA) is 24.9 Å². The minimum atomic E-state index is -4.36. The normalized spacial score (nSPS) is 11.5. The first-order valence-corrected chi connectivity index (χ1v) is 6.54. The molecular formula is C11H15F3N2S. The van der Waals surface area contributed by atoms with Gasteiger partial charge in [-0.15, -0.1) is 0 Å². The maximum Gasteiger partial charge on any atom is 0.433 e. The average molecular weight is 264 g/mol. The van der Waals surface area contributed by atoms with Crippen LogP contribution in [0.1, 0.15) is 19.0 Å². The molecular weight excluding hydrogens is 249 g/mol. The molecule has 2 nitrogen and oxygen atoms in total. The fraction of sp³-hybridized carbons (Fsp3) is 0.545. The predicted molar refractivity (Wildman–Crippen MR) is 65.3 cm³/mol. The fourth-order valence-electron chi connectivity index (χ4n) is 1.22. The monoisotopic (exact) mass is 264 g/mol. The van der Waals surface area contributed by atoms with E-state index in [9.17, 15) is 13.2 Å². The highest BCUT2D eigenvalue weighted by atomic mass is 32.2. The quantitative estimate of drug-likeness (QED) is 0.794. The summed E-state index contributed by atoms with van der Waals surface area (Å²) < 4.78 is 36.7. The molecule has 0 atom stereocenters. The van der Waals surface area contributed by atoms with Gasteiger partial charge in [0, 0.05) is 6.54 Å². The highest BCUT2D eigenvalue weighted by Crippen LogP contribution is 2.27. The van der Waals surface area contributed by atoms with Gasteiger partial charge in [-0.3, -0.25) is 0 Å². The number of pyridine rings is 1. The van der Waals surface area contributed by atoms with Gasteiger partial charge in [0.1, 0.15) is 5.69 Å². The number of alkyl halides is 3. The Labute approximate surface area is 103 Å². The van der Waals surface area contributed by atoms with Crippen molar-refractivity contribution in [3.05, 3.63) is 24.0 Å². The standard InChI is InChI=1S/C11H15F3N2S/c1-2-17-7-3-6-15-9-4-5-10(16-8-9)11(12,13)14/h4-5,8,15H,2-3,6-7H2,1H3. The molecule has 1 aromatic heterocycles. The van der Waals surface area contributed by atoms with Crippen LogP contribution in [-0.4, -0.2) is 23.0 Å². The van der Waals surface area contributed by atoms with Crippen LogP contribution in [0.2, 0.25) is 0 Å². The molecule has 1 aromatic rings. The van der Waals surface area contributed by atoms with Crippen molar-refractivity contribution in [1.29, 1.82) is 0 Å². The molecule has 0 fully saturated rings. The summed E-state index contributed by atoms with van der Waals surface area (Å²) in [5.41, 5.74) is -0.232. The second-order valence-corrected chi connectivity index (χ2v) is 4.80. The Balaban J connectivity index is 2.36. The summed E-state index contributed by atoms with van der Waals surface area (Å²) in [5.74, 6) is 2.14. The van der Waals surface area contributed by atoms with Crippen molar-refractivity contribution in [2.45, 2.75) is 19.5 Å². The molecule has 17 heavy (non-hydrogen) atoms. The number of rotatable bonds is 6. The van der Waals surface area contributed by atoms with Gasteiger partial charge in [-0.05, 0) is 30.1 Å². The van der Waals surface area contributed by atoms with Crippen molar-refractivity contribution in [1.82, 2.24) is 4.98 Å². The summed E-state index contributed by atoms with van der Waals surface area (Å²) in [4.78, 5) is 3.37. The van der Waals surface area contributed by atoms with E-state index in [2.05, 4.69) is 17.2 Å². The number of hydrogen-bond acceptors (Lipinski definition) is 3. The van der Waals surface area contributed by atoms with E-state index >= 15 is 0 Å². The number of halogens is 3. The van der Waals surface area contributed by atoms with Crippen LogP contribution in [0, 0.1) is 0 Å². The molecule has 0 radical (unpaired) electrons. The molecule has 1 heterocycles. The van der Waals surface area contributed by atoms with Gasteiger partial charge in [0.15, 0.2) is 0 Å². The van der Waals surface area contributed by atoms with E-state index in [0.29, 0.717) is 5.69 Å². The van der Waals surface area contributed by atoms with E-state index in [4.69, 9.17) is 0 Å². The zero-order valence-corrected chi connectivity index (χ0v) is 10.4. The summed E-state index contributed by atoms with van der Waals surface area (Å²) in [6.07, 6.45) is -2.16. The van der Waals surface area contributed by atoms with Gasteiger partial charge < -0.3 is 5.32 Å². The minimum Gasteiger partial charge on any atom is -0.384 e. The van der Waals surface area contributed by atoms with E-state index in [1.807, 2.05) is 11.8 Å². The van der Waals surface area contributed by atoms with Crippen LogP contribution in [0.5, 0.6) is 0 Å². The lowest BCUT2D eigenvalue weighted by molar-refractivity contribution is -0.141. The number of nitrogens with one attached hydrogen (secondary N) is 1. The number of anilines is 1. The van der Waals surface area contributed by atoms with E-state index in [1.54, 1.807) is 0 Å². The Kier molecular flexibility index (Phi) is 5.61. The zero-order chi connectivity index (χ0) is 12.7. The zero-order valence-electron chi connectivity index (χ0n) is 9.55. The molecule has 0 unspecified atom stereocenters. The molecule has 0 saturated carbocycles. The lowest BCUT2D eigenvalue weighted by Crippen LogP contribution is -2.09. The van der Waals surface area contributed by atoms with Gasteiger partial charge in [-0.1, -0.05) is 6.92 Å². The molecule has 6 heteroatoms. The molecule has 0 bridgehead atoms. The molecule has 0 spiro atoms. The van der Waals surface area contributed by atoms with Crippen molar-refractivity contribution in [3.63, 3.8) is 0 Å². The Bertz CT molecular complexity index is 324. The lowest BCUT2D eigenvalue weighted by atomic mass is 10.3. The third kappa shape index (κ3) is 5.30. The number of hydrogen-bond donors (Lipinski definition) is 1. The molecule has 1 N–H and O–H groups in total. The highest BCUT2D eigenvalue weighted by molar-refractivity contribution is 7.99. The van der Waals surface area contributed by atoms with Crippen molar-refractivity contribution >= 4 is 17.4 Å². The Morgan fingerprint density at radius 1 is 1.35 bits per heavy atom. The van der Waals surface area contributed by atoms with Gasteiger partial charge in [0.25, 0.3) is 0 Å². The smallest absolute Gasteiger partial charge is 0.384 e. The Morgan fingerprint density at radius 2 is 2.12 bits per heavy atom. The van der Waals surface area contributed by atoms with Crippen LogP contribution >= 0.6 is 11.8 Å². The highest BCUT2D eigenvalue weighted by Gasteiger charge is 2.31. The van der Waals surface area contributed by atoms with E-state index in [-0.39, 0.29) is 0 Å². The first kappa shape index (κ1) is 14.2. The summed E-state index contributed by atoms with van der Waals surface area (Å²) in [6, 6.07) is 2.39. The largest absolute Gasteiger partial charge is 0.433 e. The SMILES string of the molecule is CCSCCCNc1ccc(C(F)(F)F)nc1. The van der Waals surface area contributed by atoms with Gasteiger partial charge in [-0.2, -0.15) is 24.9 Å². The molecule has 0 aliphatic carbocycles.